The van der Waals surface area contributed by atoms with Gasteiger partial charge in [0.1, 0.15) is 35.5 Å². The summed E-state index contributed by atoms with van der Waals surface area (Å²) in [5.74, 6) is 0.263. The van der Waals surface area contributed by atoms with Gasteiger partial charge in [-0.2, -0.15) is 5.10 Å². The van der Waals surface area contributed by atoms with E-state index in [0.29, 0.717) is 28.0 Å². The number of rotatable bonds is 8. The van der Waals surface area contributed by atoms with E-state index in [9.17, 15) is 19.2 Å². The summed E-state index contributed by atoms with van der Waals surface area (Å²) in [5.41, 5.74) is 11.1. The number of carbonyl (C=O) groups is 4. The molecule has 1 saturated carbocycles. The summed E-state index contributed by atoms with van der Waals surface area (Å²) in [7, 11) is 3.30. The summed E-state index contributed by atoms with van der Waals surface area (Å²) in [6.45, 7) is 3.67. The van der Waals surface area contributed by atoms with E-state index < -0.39 is 18.6 Å². The summed E-state index contributed by atoms with van der Waals surface area (Å²) >= 11 is 5.57. The minimum absolute atomic E-state index is 0.0843. The van der Waals surface area contributed by atoms with E-state index in [1.807, 2.05) is 12.1 Å². The normalized spacial score (nSPS) is 18.5. The van der Waals surface area contributed by atoms with E-state index in [-0.39, 0.29) is 36.1 Å². The highest BCUT2D eigenvalue weighted by molar-refractivity contribution is 6.29. The van der Waals surface area contributed by atoms with Crippen LogP contribution in [0.2, 0.25) is 5.15 Å². The molecule has 2 amide bonds. The second-order valence-corrected chi connectivity index (χ2v) is 10.5. The Morgan fingerprint density at radius 3 is 2.45 bits per heavy atom. The van der Waals surface area contributed by atoms with E-state index in [0.717, 1.165) is 31.4 Å². The molecule has 44 heavy (non-hydrogen) atoms. The predicted octanol–water partition coefficient (Wildman–Crippen LogP) is 2.45. The Kier molecular flexibility index (Phi) is 14.9. The second-order valence-electron chi connectivity index (χ2n) is 10.1. The van der Waals surface area contributed by atoms with Crippen LogP contribution >= 0.6 is 11.6 Å². The molecule has 3 heterocycles. The number of hydrogen-bond acceptors (Lipinski definition) is 10. The van der Waals surface area contributed by atoms with E-state index in [4.69, 9.17) is 22.4 Å². The van der Waals surface area contributed by atoms with Gasteiger partial charge >= 0.3 is 0 Å². The molecule has 2 bridgehead atoms. The van der Waals surface area contributed by atoms with Crippen molar-refractivity contribution in [2.75, 3.05) is 31.3 Å². The number of nitrogens with two attached hydrogens (primary N) is 2. The molecule has 0 spiro atoms. The minimum Gasteiger partial charge on any atom is -0.394 e. The lowest BCUT2D eigenvalue weighted by Crippen LogP contribution is -2.47. The van der Waals surface area contributed by atoms with Crippen molar-refractivity contribution in [3.05, 3.63) is 47.2 Å². The third kappa shape index (κ3) is 9.05. The summed E-state index contributed by atoms with van der Waals surface area (Å²) in [6.07, 6.45) is 5.41. The highest BCUT2D eigenvalue weighted by atomic mass is 35.5. The van der Waals surface area contributed by atoms with Crippen molar-refractivity contribution in [2.24, 2.45) is 17.4 Å². The van der Waals surface area contributed by atoms with Gasteiger partial charge in [0.25, 0.3) is 0 Å². The number of piperidine rings is 1. The van der Waals surface area contributed by atoms with Gasteiger partial charge in [-0.05, 0) is 62.6 Å². The van der Waals surface area contributed by atoms with Crippen LogP contribution < -0.4 is 22.1 Å². The monoisotopic (exact) mass is 630 g/mol. The quantitative estimate of drug-likeness (QED) is 0.182. The number of amides is 2. The number of pyridine rings is 1. The molecular weight excluding hydrogens is 588 g/mol. The lowest BCUT2D eigenvalue weighted by Gasteiger charge is -2.32. The summed E-state index contributed by atoms with van der Waals surface area (Å²) in [5, 5.41) is 19.7. The molecular formula is C30H43ClN8O5. The van der Waals surface area contributed by atoms with Crippen molar-refractivity contribution in [1.29, 1.82) is 0 Å². The number of halogens is 1. The zero-order chi connectivity index (χ0) is 32.8. The molecule has 1 aliphatic carbocycles. The van der Waals surface area contributed by atoms with E-state index in [1.54, 1.807) is 36.2 Å². The zero-order valence-corrected chi connectivity index (χ0v) is 26.3. The third-order valence-corrected chi connectivity index (χ3v) is 7.23. The van der Waals surface area contributed by atoms with Gasteiger partial charge in [0, 0.05) is 24.2 Å². The molecule has 13 nitrogen and oxygen atoms in total. The number of aldehydes is 2. The number of benzene rings is 1. The summed E-state index contributed by atoms with van der Waals surface area (Å²) in [4.78, 5) is 53.5. The van der Waals surface area contributed by atoms with Crippen molar-refractivity contribution < 1.29 is 24.3 Å². The Balaban J connectivity index is 0.000000403. The van der Waals surface area contributed by atoms with Crippen LogP contribution in [-0.4, -0.2) is 88.0 Å². The van der Waals surface area contributed by atoms with E-state index in [2.05, 4.69) is 40.3 Å². The van der Waals surface area contributed by atoms with Gasteiger partial charge in [0.15, 0.2) is 6.29 Å². The van der Waals surface area contributed by atoms with Crippen LogP contribution in [0.3, 0.4) is 0 Å². The van der Waals surface area contributed by atoms with Crippen LogP contribution in [0.1, 0.15) is 50.0 Å². The molecule has 2 aromatic heterocycles. The lowest BCUT2D eigenvalue weighted by atomic mass is 10.00. The van der Waals surface area contributed by atoms with E-state index in [1.165, 1.54) is 18.2 Å². The highest BCUT2D eigenvalue weighted by Gasteiger charge is 2.47. The molecule has 2 fully saturated rings. The van der Waals surface area contributed by atoms with Gasteiger partial charge in [-0.15, -0.1) is 0 Å². The molecule has 1 saturated heterocycles. The smallest absolute Gasteiger partial charge is 0.245 e. The molecule has 3 aromatic rings. The number of hydrogen-bond donors (Lipinski definition) is 5. The lowest BCUT2D eigenvalue weighted by molar-refractivity contribution is -0.139. The SMILES string of the molecule is CCC.CN.CNc1cccc(Cl)n1.NC(CO)C(=O)Nc1ccc2c(c1)c(C=O)nn2CC(=O)N1C2CCC(C2)C1C=O. The maximum Gasteiger partial charge on any atom is 0.245 e. The van der Waals surface area contributed by atoms with Crippen LogP contribution in [0.5, 0.6) is 0 Å². The molecule has 0 radical (unpaired) electrons. The standard InChI is InChI=1S/C20H23N5O5.C6H7ClN2.C3H8.CH5N/c21-15(8-26)20(30)22-12-2-4-17-14(6-12)16(9-27)23-24(17)7-19(29)25-13-3-1-11(5-13)18(25)10-28;1-8-6-4-2-3-5(7)9-6;1-3-2;1-2/h2,4,6,9-11,13,15,18,26H,1,3,5,7-8,21H2,(H,22,30);2-4H,1H3,(H,8,9);3H2,1-2H3;2H2,1H3. The molecule has 240 valence electrons. The molecule has 4 atom stereocenters. The number of aliphatic hydroxyl groups is 1. The van der Waals surface area contributed by atoms with Crippen LogP contribution in [0.15, 0.2) is 36.4 Å². The Labute approximate surface area is 262 Å². The Morgan fingerprint density at radius 1 is 1.18 bits per heavy atom. The first kappa shape index (κ1) is 36.3. The van der Waals surface area contributed by atoms with Crippen molar-refractivity contribution >= 4 is 58.4 Å². The number of nitrogens with zero attached hydrogens (tertiary/aromatic N) is 4. The fourth-order valence-corrected chi connectivity index (χ4v) is 5.30. The number of anilines is 2. The first-order valence-electron chi connectivity index (χ1n) is 14.5. The molecule has 1 aliphatic heterocycles. The predicted molar refractivity (Wildman–Crippen MR) is 172 cm³/mol. The van der Waals surface area contributed by atoms with Crippen LogP contribution in [0, 0.1) is 5.92 Å². The van der Waals surface area contributed by atoms with Crippen molar-refractivity contribution in [2.45, 2.75) is 64.2 Å². The van der Waals surface area contributed by atoms with Gasteiger partial charge in [0.05, 0.1) is 18.2 Å². The summed E-state index contributed by atoms with van der Waals surface area (Å²) in [6, 6.07) is 8.90. The Morgan fingerprint density at radius 2 is 1.89 bits per heavy atom. The van der Waals surface area contributed by atoms with E-state index >= 15 is 0 Å². The van der Waals surface area contributed by atoms with Crippen LogP contribution in [-0.2, 0) is 20.9 Å². The summed E-state index contributed by atoms with van der Waals surface area (Å²) < 4.78 is 1.44. The molecule has 7 N–H and O–H groups in total. The van der Waals surface area contributed by atoms with Crippen molar-refractivity contribution in [3.8, 4) is 0 Å². The molecule has 5 rings (SSSR count). The van der Waals surface area contributed by atoms with Gasteiger partial charge in [-0.25, -0.2) is 4.98 Å². The number of aliphatic hydroxyl groups excluding tert-OH is 1. The minimum atomic E-state index is -1.06. The number of likely N-dealkylation sites (tertiary alicyclic amines) is 1. The van der Waals surface area contributed by atoms with Crippen molar-refractivity contribution in [3.63, 3.8) is 0 Å². The molecule has 1 aromatic carbocycles. The Bertz CT molecular complexity index is 1400. The molecule has 2 aliphatic rings. The number of carbonyl (C=O) groups excluding carboxylic acids is 4. The number of nitrogens with one attached hydrogen (secondary N) is 2. The van der Waals surface area contributed by atoms with Gasteiger partial charge in [0.2, 0.25) is 11.8 Å². The maximum atomic E-state index is 13.0. The fraction of sp³-hybridized carbons (Fsp3) is 0.467. The molecule has 4 unspecified atom stereocenters. The van der Waals surface area contributed by atoms with Crippen molar-refractivity contribution in [1.82, 2.24) is 19.7 Å². The topological polar surface area (TPSA) is 199 Å². The zero-order valence-electron chi connectivity index (χ0n) is 25.6. The number of fused-ring (bicyclic) bond motifs is 3. The highest BCUT2D eigenvalue weighted by Crippen LogP contribution is 2.41. The maximum absolute atomic E-state index is 13.0. The van der Waals surface area contributed by atoms with Gasteiger partial charge in [-0.1, -0.05) is 37.9 Å². The van der Waals surface area contributed by atoms with Gasteiger partial charge in [-0.3, -0.25) is 19.1 Å². The second kappa shape index (κ2) is 18.0. The van der Waals surface area contributed by atoms with Crippen LogP contribution in [0.4, 0.5) is 11.5 Å². The first-order valence-corrected chi connectivity index (χ1v) is 14.9. The molecule has 14 heteroatoms. The Hall–Kier alpha value is -3.91. The third-order valence-electron chi connectivity index (χ3n) is 7.02. The average Bonchev–Trinajstić information content (AvgIpc) is 3.75. The fourth-order valence-electron chi connectivity index (χ4n) is 5.14. The number of aromatic nitrogens is 3. The average molecular weight is 631 g/mol. The first-order chi connectivity index (χ1) is 21.2. The van der Waals surface area contributed by atoms with Crippen LogP contribution in [0.25, 0.3) is 10.9 Å². The van der Waals surface area contributed by atoms with Gasteiger partial charge < -0.3 is 36.9 Å². The largest absolute Gasteiger partial charge is 0.394 e.